The summed E-state index contributed by atoms with van der Waals surface area (Å²) in [5.41, 5.74) is 1.08. The number of ether oxygens (including phenoxy) is 1. The summed E-state index contributed by atoms with van der Waals surface area (Å²) in [6, 6.07) is 3.77. The quantitative estimate of drug-likeness (QED) is 0.667. The van der Waals surface area contributed by atoms with Gasteiger partial charge >= 0.3 is 0 Å². The second-order valence-electron chi connectivity index (χ2n) is 5.69. The van der Waals surface area contributed by atoms with Gasteiger partial charge in [-0.1, -0.05) is 57.8 Å². The number of phenols is 1. The summed E-state index contributed by atoms with van der Waals surface area (Å²) in [6.45, 7) is 15.0. The van der Waals surface area contributed by atoms with Crippen molar-refractivity contribution in [2.45, 2.75) is 39.3 Å². The van der Waals surface area contributed by atoms with Crippen LogP contribution in [0.2, 0.25) is 13.1 Å². The third kappa shape index (κ3) is 3.16. The van der Waals surface area contributed by atoms with Gasteiger partial charge in [-0.3, -0.25) is 0 Å². The standard InChI is InChI=1S/C15H23O2Si/c1-7-10-17-14-11(16)8-9-12(18(5)6)13(14)15(2,3)4/h7-9,16H,1,10H2,2-6H3. The van der Waals surface area contributed by atoms with Crippen molar-refractivity contribution in [3.63, 3.8) is 0 Å². The normalized spacial score (nSPS) is 11.7. The van der Waals surface area contributed by atoms with Gasteiger partial charge in [-0.05, 0) is 11.5 Å². The maximum atomic E-state index is 10.0. The second kappa shape index (κ2) is 5.61. The van der Waals surface area contributed by atoms with Crippen LogP contribution in [0.4, 0.5) is 0 Å². The summed E-state index contributed by atoms with van der Waals surface area (Å²) >= 11 is 0. The van der Waals surface area contributed by atoms with Gasteiger partial charge in [-0.2, -0.15) is 0 Å². The van der Waals surface area contributed by atoms with E-state index in [2.05, 4.69) is 40.4 Å². The molecule has 2 nitrogen and oxygen atoms in total. The van der Waals surface area contributed by atoms with E-state index in [-0.39, 0.29) is 11.2 Å². The summed E-state index contributed by atoms with van der Waals surface area (Å²) in [7, 11) is -0.604. The largest absolute Gasteiger partial charge is 0.504 e. The first-order valence-electron chi connectivity index (χ1n) is 6.19. The molecule has 0 saturated heterocycles. The fourth-order valence-corrected chi connectivity index (χ4v) is 3.43. The molecule has 99 valence electrons. The number of hydrogen-bond acceptors (Lipinski definition) is 2. The molecule has 0 saturated carbocycles. The van der Waals surface area contributed by atoms with Crippen molar-refractivity contribution < 1.29 is 9.84 Å². The third-order valence-corrected chi connectivity index (χ3v) is 4.27. The lowest BCUT2D eigenvalue weighted by Gasteiger charge is -2.27. The monoisotopic (exact) mass is 263 g/mol. The first-order valence-corrected chi connectivity index (χ1v) is 8.69. The predicted octanol–water partition coefficient (Wildman–Crippen LogP) is 3.22. The summed E-state index contributed by atoms with van der Waals surface area (Å²) in [6.07, 6.45) is 1.70. The van der Waals surface area contributed by atoms with Crippen LogP contribution in [0, 0.1) is 0 Å². The molecule has 3 heteroatoms. The molecule has 0 atom stereocenters. The van der Waals surface area contributed by atoms with Crippen LogP contribution in [-0.2, 0) is 5.41 Å². The molecule has 18 heavy (non-hydrogen) atoms. The van der Waals surface area contributed by atoms with E-state index in [0.29, 0.717) is 12.4 Å². The second-order valence-corrected chi connectivity index (χ2v) is 8.22. The molecule has 0 heterocycles. The van der Waals surface area contributed by atoms with Crippen LogP contribution in [-0.4, -0.2) is 20.5 Å². The number of rotatable bonds is 4. The lowest BCUT2D eigenvalue weighted by molar-refractivity contribution is 0.326. The van der Waals surface area contributed by atoms with Gasteiger partial charge in [-0.15, -0.1) is 0 Å². The van der Waals surface area contributed by atoms with E-state index in [0.717, 1.165) is 5.56 Å². The Kier molecular flexibility index (Phi) is 4.63. The Bertz CT molecular complexity index is 431. The van der Waals surface area contributed by atoms with Gasteiger partial charge in [0.1, 0.15) is 6.61 Å². The minimum absolute atomic E-state index is 0.0491. The zero-order valence-electron chi connectivity index (χ0n) is 12.0. The van der Waals surface area contributed by atoms with E-state index in [9.17, 15) is 5.11 Å². The van der Waals surface area contributed by atoms with Crippen LogP contribution in [0.3, 0.4) is 0 Å². The van der Waals surface area contributed by atoms with Crippen molar-refractivity contribution in [3.05, 3.63) is 30.4 Å². The van der Waals surface area contributed by atoms with Crippen molar-refractivity contribution in [2.75, 3.05) is 6.61 Å². The fourth-order valence-electron chi connectivity index (χ4n) is 2.02. The van der Waals surface area contributed by atoms with Gasteiger partial charge in [0.15, 0.2) is 11.5 Å². The maximum Gasteiger partial charge on any atom is 0.164 e. The number of benzene rings is 1. The van der Waals surface area contributed by atoms with E-state index in [1.165, 1.54) is 5.19 Å². The fraction of sp³-hybridized carbons (Fsp3) is 0.467. The molecule has 0 amide bonds. The van der Waals surface area contributed by atoms with Crippen molar-refractivity contribution in [3.8, 4) is 11.5 Å². The molecule has 0 fully saturated rings. The smallest absolute Gasteiger partial charge is 0.164 e. The Labute approximate surface area is 112 Å². The Morgan fingerprint density at radius 2 is 1.94 bits per heavy atom. The van der Waals surface area contributed by atoms with Gasteiger partial charge < -0.3 is 9.84 Å². The lowest BCUT2D eigenvalue weighted by Crippen LogP contribution is -2.33. The molecule has 1 aromatic rings. The van der Waals surface area contributed by atoms with Crippen molar-refractivity contribution >= 4 is 14.0 Å². The van der Waals surface area contributed by atoms with Crippen molar-refractivity contribution in [2.24, 2.45) is 0 Å². The van der Waals surface area contributed by atoms with Crippen molar-refractivity contribution in [1.29, 1.82) is 0 Å². The molecule has 0 unspecified atom stereocenters. The summed E-state index contributed by atoms with van der Waals surface area (Å²) < 4.78 is 5.68. The van der Waals surface area contributed by atoms with Crippen LogP contribution in [0.5, 0.6) is 11.5 Å². The summed E-state index contributed by atoms with van der Waals surface area (Å²) in [5.74, 6) is 0.833. The Balaban J connectivity index is 3.45. The van der Waals surface area contributed by atoms with Gasteiger partial charge in [0.25, 0.3) is 0 Å². The zero-order chi connectivity index (χ0) is 13.9. The Morgan fingerprint density at radius 3 is 2.39 bits per heavy atom. The molecular weight excluding hydrogens is 240 g/mol. The molecule has 0 aliphatic rings. The number of aromatic hydroxyl groups is 1. The third-order valence-electron chi connectivity index (χ3n) is 2.77. The molecule has 1 rings (SSSR count). The molecule has 1 radical (unpaired) electrons. The van der Waals surface area contributed by atoms with E-state index >= 15 is 0 Å². The van der Waals surface area contributed by atoms with Gasteiger partial charge in [-0.25, -0.2) is 0 Å². The molecule has 1 aromatic carbocycles. The van der Waals surface area contributed by atoms with Crippen molar-refractivity contribution in [1.82, 2.24) is 0 Å². The molecule has 0 spiro atoms. The highest BCUT2D eigenvalue weighted by Crippen LogP contribution is 2.37. The molecule has 0 aliphatic heterocycles. The van der Waals surface area contributed by atoms with E-state index in [4.69, 9.17) is 4.74 Å². The van der Waals surface area contributed by atoms with Crippen LogP contribution in [0.25, 0.3) is 0 Å². The average Bonchev–Trinajstić information content (AvgIpc) is 2.25. The van der Waals surface area contributed by atoms with Crippen LogP contribution in [0.1, 0.15) is 26.3 Å². The minimum atomic E-state index is -0.604. The first kappa shape index (κ1) is 14.8. The molecular formula is C15H23O2Si. The highest BCUT2D eigenvalue weighted by Gasteiger charge is 2.26. The SMILES string of the molecule is C=CCOc1c(O)ccc([Si](C)C)c1C(C)(C)C. The van der Waals surface area contributed by atoms with Gasteiger partial charge in [0.05, 0.1) is 8.80 Å². The first-order chi connectivity index (χ1) is 8.29. The number of phenolic OH excluding ortho intramolecular Hbond substituents is 1. The van der Waals surface area contributed by atoms with E-state index in [1.54, 1.807) is 12.1 Å². The average molecular weight is 263 g/mol. The highest BCUT2D eigenvalue weighted by atomic mass is 28.3. The molecule has 1 N–H and O–H groups in total. The Hall–Kier alpha value is -1.22. The highest BCUT2D eigenvalue weighted by molar-refractivity contribution is 6.71. The Morgan fingerprint density at radius 1 is 1.33 bits per heavy atom. The topological polar surface area (TPSA) is 29.5 Å². The minimum Gasteiger partial charge on any atom is -0.504 e. The van der Waals surface area contributed by atoms with E-state index < -0.39 is 8.80 Å². The maximum absolute atomic E-state index is 10.0. The summed E-state index contributed by atoms with van der Waals surface area (Å²) in [4.78, 5) is 0. The molecule has 0 aromatic heterocycles. The van der Waals surface area contributed by atoms with Crippen LogP contribution in [0.15, 0.2) is 24.8 Å². The zero-order valence-corrected chi connectivity index (χ0v) is 13.0. The van der Waals surface area contributed by atoms with Crippen LogP contribution >= 0.6 is 0 Å². The van der Waals surface area contributed by atoms with E-state index in [1.807, 2.05) is 6.07 Å². The van der Waals surface area contributed by atoms with Gasteiger partial charge in [0.2, 0.25) is 0 Å². The van der Waals surface area contributed by atoms with Gasteiger partial charge in [0, 0.05) is 5.56 Å². The van der Waals surface area contributed by atoms with Crippen LogP contribution < -0.4 is 9.92 Å². The number of hydrogen-bond donors (Lipinski definition) is 1. The molecule has 0 bridgehead atoms. The lowest BCUT2D eigenvalue weighted by atomic mass is 9.86. The summed E-state index contributed by atoms with van der Waals surface area (Å²) in [5, 5.41) is 11.4. The predicted molar refractivity (Wildman–Crippen MR) is 79.6 cm³/mol. The molecule has 0 aliphatic carbocycles.